The Balaban J connectivity index is 2.10. The Bertz CT molecular complexity index is 800. The number of aromatic carboxylic acids is 1. The van der Waals surface area contributed by atoms with Gasteiger partial charge in [0, 0.05) is 4.47 Å². The van der Waals surface area contributed by atoms with Crippen LogP contribution in [0, 0.1) is 0 Å². The number of fused-ring (bicyclic) bond motifs is 1. The predicted molar refractivity (Wildman–Crippen MR) is 76.1 cm³/mol. The summed E-state index contributed by atoms with van der Waals surface area (Å²) in [6.07, 6.45) is 0. The highest BCUT2D eigenvalue weighted by molar-refractivity contribution is 9.10. The fourth-order valence-electron chi connectivity index (χ4n) is 2.22. The molecule has 0 unspecified atom stereocenters. The van der Waals surface area contributed by atoms with Gasteiger partial charge in [-0.3, -0.25) is 9.59 Å². The summed E-state index contributed by atoms with van der Waals surface area (Å²) >= 11 is 3.25. The van der Waals surface area contributed by atoms with Crippen molar-refractivity contribution in [2.45, 2.75) is 0 Å². The largest absolute Gasteiger partial charge is 0.545 e. The van der Waals surface area contributed by atoms with Gasteiger partial charge in [0.05, 0.1) is 22.8 Å². The van der Waals surface area contributed by atoms with Gasteiger partial charge in [0.2, 0.25) is 0 Å². The van der Waals surface area contributed by atoms with Gasteiger partial charge < -0.3 is 9.90 Å². The summed E-state index contributed by atoms with van der Waals surface area (Å²) in [5.74, 6) is -2.32. The molecule has 2 aromatic carbocycles. The monoisotopic (exact) mass is 344 g/mol. The van der Waals surface area contributed by atoms with Crippen molar-refractivity contribution in [3.8, 4) is 0 Å². The molecule has 0 fully saturated rings. The molecule has 1 aliphatic rings. The van der Waals surface area contributed by atoms with Crippen molar-refractivity contribution in [3.63, 3.8) is 0 Å². The number of anilines is 1. The molecule has 2 amide bonds. The van der Waals surface area contributed by atoms with Gasteiger partial charge in [-0.1, -0.05) is 28.1 Å². The molecule has 0 aliphatic carbocycles. The summed E-state index contributed by atoms with van der Waals surface area (Å²) in [6, 6.07) is 10.3. The smallest absolute Gasteiger partial charge is 0.266 e. The van der Waals surface area contributed by atoms with E-state index in [0.717, 1.165) is 4.90 Å². The van der Waals surface area contributed by atoms with Gasteiger partial charge in [-0.2, -0.15) is 0 Å². The summed E-state index contributed by atoms with van der Waals surface area (Å²) in [7, 11) is 0. The van der Waals surface area contributed by atoms with Gasteiger partial charge in [0.25, 0.3) is 11.8 Å². The molecule has 5 nitrogen and oxygen atoms in total. The summed E-state index contributed by atoms with van der Waals surface area (Å²) < 4.78 is 0.688. The molecule has 0 atom stereocenters. The number of carboxylic acid groups (broad SMARTS) is 1. The Morgan fingerprint density at radius 3 is 2.43 bits per heavy atom. The average molecular weight is 345 g/mol. The van der Waals surface area contributed by atoms with E-state index in [1.165, 1.54) is 24.3 Å². The Kier molecular flexibility index (Phi) is 3.10. The molecule has 0 bridgehead atoms. The van der Waals surface area contributed by atoms with E-state index in [0.29, 0.717) is 10.0 Å². The maximum Gasteiger partial charge on any atom is 0.266 e. The first-order chi connectivity index (χ1) is 9.99. The van der Waals surface area contributed by atoms with E-state index in [4.69, 9.17) is 0 Å². The van der Waals surface area contributed by atoms with Crippen molar-refractivity contribution in [2.24, 2.45) is 0 Å². The zero-order valence-electron chi connectivity index (χ0n) is 10.5. The maximum atomic E-state index is 12.4. The minimum atomic E-state index is -1.36. The highest BCUT2D eigenvalue weighted by Gasteiger charge is 2.36. The number of hydrogen-bond donors (Lipinski definition) is 0. The van der Waals surface area contributed by atoms with Gasteiger partial charge in [-0.05, 0) is 35.9 Å². The Hall–Kier alpha value is -2.47. The van der Waals surface area contributed by atoms with Crippen LogP contribution in [0.1, 0.15) is 31.1 Å². The van der Waals surface area contributed by atoms with Crippen LogP contribution in [0.5, 0.6) is 0 Å². The molecule has 104 valence electrons. The van der Waals surface area contributed by atoms with E-state index < -0.39 is 17.8 Å². The highest BCUT2D eigenvalue weighted by Crippen LogP contribution is 2.30. The molecule has 0 spiro atoms. The first-order valence-corrected chi connectivity index (χ1v) is 6.78. The minimum Gasteiger partial charge on any atom is -0.545 e. The zero-order valence-corrected chi connectivity index (χ0v) is 12.1. The van der Waals surface area contributed by atoms with Crippen molar-refractivity contribution in [2.75, 3.05) is 4.90 Å². The molecule has 0 saturated carbocycles. The lowest BCUT2D eigenvalue weighted by atomic mass is 10.1. The molecule has 21 heavy (non-hydrogen) atoms. The molecule has 2 aromatic rings. The van der Waals surface area contributed by atoms with Crippen molar-refractivity contribution in [1.29, 1.82) is 0 Å². The maximum absolute atomic E-state index is 12.4. The van der Waals surface area contributed by atoms with Crippen LogP contribution in [0.15, 0.2) is 46.9 Å². The van der Waals surface area contributed by atoms with Crippen molar-refractivity contribution in [1.82, 2.24) is 0 Å². The van der Waals surface area contributed by atoms with Crippen LogP contribution in [0.2, 0.25) is 0 Å². The number of benzene rings is 2. The SMILES string of the molecule is O=C([O-])c1cccc(N2C(=O)c3ccc(Br)cc3C2=O)c1. The average Bonchev–Trinajstić information content (AvgIpc) is 2.70. The third-order valence-electron chi connectivity index (χ3n) is 3.19. The fraction of sp³-hybridized carbons (Fsp3) is 0. The van der Waals surface area contributed by atoms with Crippen LogP contribution < -0.4 is 10.0 Å². The van der Waals surface area contributed by atoms with Crippen LogP contribution in [0.3, 0.4) is 0 Å². The second-order valence-corrected chi connectivity index (χ2v) is 5.39. The molecule has 1 heterocycles. The first kappa shape index (κ1) is 13.5. The molecule has 1 aliphatic heterocycles. The lowest BCUT2D eigenvalue weighted by Gasteiger charge is -2.15. The number of carbonyl (C=O) groups excluding carboxylic acids is 3. The molecule has 3 rings (SSSR count). The lowest BCUT2D eigenvalue weighted by Crippen LogP contribution is -2.30. The number of carboxylic acids is 1. The number of rotatable bonds is 2. The van der Waals surface area contributed by atoms with E-state index in [1.807, 2.05) is 0 Å². The zero-order chi connectivity index (χ0) is 15.1. The van der Waals surface area contributed by atoms with Crippen molar-refractivity contribution >= 4 is 39.4 Å². The molecule has 0 aromatic heterocycles. The second kappa shape index (κ2) is 4.82. The van der Waals surface area contributed by atoms with E-state index in [-0.39, 0.29) is 16.8 Å². The third kappa shape index (κ3) is 2.13. The van der Waals surface area contributed by atoms with Crippen LogP contribution in [0.25, 0.3) is 0 Å². The van der Waals surface area contributed by atoms with Gasteiger partial charge in [-0.25, -0.2) is 4.90 Å². The number of hydrogen-bond acceptors (Lipinski definition) is 4. The van der Waals surface area contributed by atoms with E-state index >= 15 is 0 Å². The molecule has 0 N–H and O–H groups in total. The van der Waals surface area contributed by atoms with Gasteiger partial charge in [0.1, 0.15) is 0 Å². The Morgan fingerprint density at radius 1 is 1.00 bits per heavy atom. The van der Waals surface area contributed by atoms with Crippen molar-refractivity contribution < 1.29 is 19.5 Å². The summed E-state index contributed by atoms with van der Waals surface area (Å²) in [5, 5.41) is 10.9. The lowest BCUT2D eigenvalue weighted by molar-refractivity contribution is -0.255. The Labute approximate surface area is 127 Å². The fourth-order valence-corrected chi connectivity index (χ4v) is 2.58. The highest BCUT2D eigenvalue weighted by atomic mass is 79.9. The molecule has 6 heteroatoms. The van der Waals surface area contributed by atoms with Gasteiger partial charge in [0.15, 0.2) is 0 Å². The number of carbonyl (C=O) groups is 3. The number of nitrogens with zero attached hydrogens (tertiary/aromatic N) is 1. The standard InChI is InChI=1S/C15H8BrNO4/c16-9-4-5-11-12(7-9)14(19)17(13(11)18)10-3-1-2-8(6-10)15(20)21/h1-7H,(H,20,21)/p-1. The number of amides is 2. The van der Waals surface area contributed by atoms with Gasteiger partial charge >= 0.3 is 0 Å². The first-order valence-electron chi connectivity index (χ1n) is 5.99. The Morgan fingerprint density at radius 2 is 1.71 bits per heavy atom. The van der Waals surface area contributed by atoms with Crippen LogP contribution in [0.4, 0.5) is 5.69 Å². The topological polar surface area (TPSA) is 77.5 Å². The molecule has 0 saturated heterocycles. The molecular formula is C15H7BrNO4-. The predicted octanol–water partition coefficient (Wildman–Crippen LogP) is 1.61. The number of halogens is 1. The summed E-state index contributed by atoms with van der Waals surface area (Å²) in [6.45, 7) is 0. The van der Waals surface area contributed by atoms with Gasteiger partial charge in [-0.15, -0.1) is 0 Å². The van der Waals surface area contributed by atoms with E-state index in [2.05, 4.69) is 15.9 Å². The molecule has 0 radical (unpaired) electrons. The van der Waals surface area contributed by atoms with Crippen LogP contribution >= 0.6 is 15.9 Å². The van der Waals surface area contributed by atoms with E-state index in [9.17, 15) is 19.5 Å². The summed E-state index contributed by atoms with van der Waals surface area (Å²) in [5.41, 5.74) is 0.694. The van der Waals surface area contributed by atoms with Crippen LogP contribution in [-0.2, 0) is 0 Å². The minimum absolute atomic E-state index is 0.0924. The number of imide groups is 1. The second-order valence-electron chi connectivity index (χ2n) is 4.47. The third-order valence-corrected chi connectivity index (χ3v) is 3.68. The summed E-state index contributed by atoms with van der Waals surface area (Å²) in [4.78, 5) is 36.5. The molecular weight excluding hydrogens is 338 g/mol. The quantitative estimate of drug-likeness (QED) is 0.775. The van der Waals surface area contributed by atoms with E-state index in [1.54, 1.807) is 18.2 Å². The van der Waals surface area contributed by atoms with Crippen molar-refractivity contribution in [3.05, 3.63) is 63.6 Å². The van der Waals surface area contributed by atoms with Crippen LogP contribution in [-0.4, -0.2) is 17.8 Å². The normalized spacial score (nSPS) is 13.5.